The summed E-state index contributed by atoms with van der Waals surface area (Å²) in [6.45, 7) is 3.81. The molecule has 0 bridgehead atoms. The summed E-state index contributed by atoms with van der Waals surface area (Å²) in [7, 11) is 0. The van der Waals surface area contributed by atoms with Crippen LogP contribution in [0.1, 0.15) is 24.5 Å². The zero-order valence-electron chi connectivity index (χ0n) is 9.96. The number of nitrogens with one attached hydrogen (secondary N) is 1. The quantitative estimate of drug-likeness (QED) is 0.928. The van der Waals surface area contributed by atoms with Crippen molar-refractivity contribution in [2.45, 2.75) is 32.7 Å². The molecule has 1 aromatic rings. The Morgan fingerprint density at radius 3 is 2.88 bits per heavy atom. The molecule has 0 aromatic heterocycles. The van der Waals surface area contributed by atoms with Crippen molar-refractivity contribution in [1.29, 1.82) is 5.26 Å². The van der Waals surface area contributed by atoms with Gasteiger partial charge in [-0.2, -0.15) is 5.26 Å². The minimum atomic E-state index is -0.0942. The van der Waals surface area contributed by atoms with Gasteiger partial charge in [0.1, 0.15) is 0 Å². The van der Waals surface area contributed by atoms with Crippen molar-refractivity contribution in [3.63, 3.8) is 0 Å². The van der Waals surface area contributed by atoms with Gasteiger partial charge in [0.15, 0.2) is 0 Å². The van der Waals surface area contributed by atoms with Gasteiger partial charge in [-0.15, -0.1) is 0 Å². The molecule has 1 atom stereocenters. The molecule has 1 N–H and O–H groups in total. The molecule has 0 aliphatic rings. The molecule has 90 valence electrons. The maximum Gasteiger partial charge on any atom is 0.224 e. The molecule has 1 rings (SSSR count). The molecule has 0 radical (unpaired) electrons. The lowest BCUT2D eigenvalue weighted by Crippen LogP contribution is -2.33. The summed E-state index contributed by atoms with van der Waals surface area (Å²) in [4.78, 5) is 11.7. The monoisotopic (exact) mass is 294 g/mol. The van der Waals surface area contributed by atoms with Crippen molar-refractivity contribution in [2.24, 2.45) is 0 Å². The molecule has 17 heavy (non-hydrogen) atoms. The third-order valence-electron chi connectivity index (χ3n) is 2.46. The molecule has 0 spiro atoms. The summed E-state index contributed by atoms with van der Waals surface area (Å²) >= 11 is 3.39. The van der Waals surface area contributed by atoms with Gasteiger partial charge in [0.25, 0.3) is 0 Å². The van der Waals surface area contributed by atoms with E-state index in [2.05, 4.69) is 21.2 Å². The van der Waals surface area contributed by atoms with E-state index in [9.17, 15) is 4.79 Å². The Labute approximate surface area is 110 Å². The van der Waals surface area contributed by atoms with Gasteiger partial charge >= 0.3 is 0 Å². The number of rotatable bonds is 4. The predicted molar refractivity (Wildman–Crippen MR) is 70.4 cm³/mol. The fourth-order valence-corrected chi connectivity index (χ4v) is 2.02. The lowest BCUT2D eigenvalue weighted by atomic mass is 10.1. The van der Waals surface area contributed by atoms with Gasteiger partial charge in [0.2, 0.25) is 5.91 Å². The summed E-state index contributed by atoms with van der Waals surface area (Å²) in [5.41, 5.74) is 2.09. The maximum absolute atomic E-state index is 11.7. The summed E-state index contributed by atoms with van der Waals surface area (Å²) in [5.74, 6) is -0.0434. The zero-order chi connectivity index (χ0) is 12.8. The highest BCUT2D eigenvalue weighted by molar-refractivity contribution is 9.10. The normalized spacial score (nSPS) is 11.6. The van der Waals surface area contributed by atoms with Crippen molar-refractivity contribution in [1.82, 2.24) is 5.32 Å². The lowest BCUT2D eigenvalue weighted by molar-refractivity contribution is -0.121. The SMILES string of the molecule is Cc1cc(Br)ccc1CC(=O)N[C@H](C)CC#N. The van der Waals surface area contributed by atoms with E-state index in [0.717, 1.165) is 15.6 Å². The first-order chi connectivity index (χ1) is 8.02. The maximum atomic E-state index is 11.7. The largest absolute Gasteiger partial charge is 0.352 e. The van der Waals surface area contributed by atoms with Gasteiger partial charge in [-0.25, -0.2) is 0 Å². The number of hydrogen-bond acceptors (Lipinski definition) is 2. The average molecular weight is 295 g/mol. The van der Waals surface area contributed by atoms with E-state index in [4.69, 9.17) is 5.26 Å². The highest BCUT2D eigenvalue weighted by Gasteiger charge is 2.09. The van der Waals surface area contributed by atoms with Crippen LogP contribution in [0.5, 0.6) is 0 Å². The van der Waals surface area contributed by atoms with Crippen LogP contribution >= 0.6 is 15.9 Å². The van der Waals surface area contributed by atoms with E-state index in [-0.39, 0.29) is 11.9 Å². The van der Waals surface area contributed by atoms with Crippen LogP contribution in [0, 0.1) is 18.3 Å². The van der Waals surface area contributed by atoms with E-state index < -0.39 is 0 Å². The molecular formula is C13H15BrN2O. The molecule has 0 aliphatic heterocycles. The molecule has 0 heterocycles. The highest BCUT2D eigenvalue weighted by atomic mass is 79.9. The molecule has 0 saturated carbocycles. The van der Waals surface area contributed by atoms with Crippen LogP contribution in [0.15, 0.2) is 22.7 Å². The number of halogens is 1. The van der Waals surface area contributed by atoms with Gasteiger partial charge in [-0.05, 0) is 37.1 Å². The van der Waals surface area contributed by atoms with Gasteiger partial charge in [0, 0.05) is 10.5 Å². The van der Waals surface area contributed by atoms with E-state index in [1.54, 1.807) is 0 Å². The van der Waals surface area contributed by atoms with Crippen LogP contribution in [-0.4, -0.2) is 11.9 Å². The van der Waals surface area contributed by atoms with Crippen molar-refractivity contribution in [3.8, 4) is 6.07 Å². The second-order valence-corrected chi connectivity index (χ2v) is 4.99. The van der Waals surface area contributed by atoms with Gasteiger partial charge in [0.05, 0.1) is 18.9 Å². The standard InChI is InChI=1S/C13H15BrN2O/c1-9-7-12(14)4-3-11(9)8-13(17)16-10(2)5-6-15/h3-4,7,10H,5,8H2,1-2H3,(H,16,17)/t10-/m1/s1. The average Bonchev–Trinajstić information content (AvgIpc) is 2.22. The Kier molecular flexibility index (Phi) is 5.17. The second-order valence-electron chi connectivity index (χ2n) is 4.08. The fraction of sp³-hybridized carbons (Fsp3) is 0.385. The minimum absolute atomic E-state index is 0.0434. The van der Waals surface area contributed by atoms with Crippen LogP contribution in [0.25, 0.3) is 0 Å². The molecule has 4 heteroatoms. The minimum Gasteiger partial charge on any atom is -0.352 e. The van der Waals surface area contributed by atoms with Crippen LogP contribution < -0.4 is 5.32 Å². The van der Waals surface area contributed by atoms with E-state index in [1.807, 2.05) is 38.1 Å². The summed E-state index contributed by atoms with van der Waals surface area (Å²) in [6.07, 6.45) is 0.694. The first-order valence-electron chi connectivity index (χ1n) is 5.44. The summed E-state index contributed by atoms with van der Waals surface area (Å²) < 4.78 is 1.01. The smallest absolute Gasteiger partial charge is 0.224 e. The van der Waals surface area contributed by atoms with Crippen LogP contribution in [0.4, 0.5) is 0 Å². The molecule has 1 aromatic carbocycles. The number of nitrogens with zero attached hydrogens (tertiary/aromatic N) is 1. The summed E-state index contributed by atoms with van der Waals surface area (Å²) in [6, 6.07) is 7.79. The Morgan fingerprint density at radius 2 is 2.29 bits per heavy atom. The zero-order valence-corrected chi connectivity index (χ0v) is 11.5. The van der Waals surface area contributed by atoms with Gasteiger partial charge in [-0.3, -0.25) is 4.79 Å². The van der Waals surface area contributed by atoms with Gasteiger partial charge in [-0.1, -0.05) is 22.0 Å². The molecular weight excluding hydrogens is 280 g/mol. The van der Waals surface area contributed by atoms with Crippen molar-refractivity contribution in [3.05, 3.63) is 33.8 Å². The molecule has 3 nitrogen and oxygen atoms in total. The van der Waals surface area contributed by atoms with E-state index >= 15 is 0 Å². The molecule has 0 fully saturated rings. The number of benzene rings is 1. The number of amides is 1. The first kappa shape index (κ1) is 13.7. The van der Waals surface area contributed by atoms with E-state index in [0.29, 0.717) is 12.8 Å². The van der Waals surface area contributed by atoms with Crippen LogP contribution in [0.3, 0.4) is 0 Å². The third-order valence-corrected chi connectivity index (χ3v) is 2.95. The van der Waals surface area contributed by atoms with Crippen molar-refractivity contribution < 1.29 is 4.79 Å². The Bertz CT molecular complexity index is 451. The fourth-order valence-electron chi connectivity index (χ4n) is 1.54. The lowest BCUT2D eigenvalue weighted by Gasteiger charge is -2.11. The first-order valence-corrected chi connectivity index (χ1v) is 6.23. The van der Waals surface area contributed by atoms with Crippen LogP contribution in [0.2, 0.25) is 0 Å². The number of carbonyl (C=O) groups excluding carboxylic acids is 1. The van der Waals surface area contributed by atoms with Crippen LogP contribution in [-0.2, 0) is 11.2 Å². The molecule has 0 aliphatic carbocycles. The predicted octanol–water partition coefficient (Wildman–Crippen LogP) is 2.72. The van der Waals surface area contributed by atoms with Gasteiger partial charge < -0.3 is 5.32 Å². The van der Waals surface area contributed by atoms with Crippen molar-refractivity contribution >= 4 is 21.8 Å². The molecule has 1 amide bonds. The number of hydrogen-bond donors (Lipinski definition) is 1. The van der Waals surface area contributed by atoms with E-state index in [1.165, 1.54) is 0 Å². The Morgan fingerprint density at radius 1 is 1.59 bits per heavy atom. The number of nitriles is 1. The highest BCUT2D eigenvalue weighted by Crippen LogP contribution is 2.16. The van der Waals surface area contributed by atoms with Crippen molar-refractivity contribution in [2.75, 3.05) is 0 Å². The third kappa shape index (κ3) is 4.58. The topological polar surface area (TPSA) is 52.9 Å². The molecule has 0 unspecified atom stereocenters. The molecule has 0 saturated heterocycles. The Hall–Kier alpha value is -1.34. The second kappa shape index (κ2) is 6.41. The number of aryl methyl sites for hydroxylation is 1. The Balaban J connectivity index is 2.60. The summed E-state index contributed by atoms with van der Waals surface area (Å²) in [5, 5.41) is 11.3. The number of carbonyl (C=O) groups is 1.